The molecule has 0 radical (unpaired) electrons. The summed E-state index contributed by atoms with van der Waals surface area (Å²) in [6.07, 6.45) is 0.0891. The van der Waals surface area contributed by atoms with Gasteiger partial charge < -0.3 is 33.9 Å². The van der Waals surface area contributed by atoms with E-state index in [0.29, 0.717) is 35.7 Å². The number of fused-ring (bicyclic) bond motifs is 1. The second-order valence-corrected chi connectivity index (χ2v) is 10.00. The van der Waals surface area contributed by atoms with Crippen molar-refractivity contribution in [2.24, 2.45) is 5.41 Å². The SMILES string of the molecule is COC(=O)[C@@]1(O)C(=O)[C@@]23CCCN4C(=O)C[C@]5(c6cc(OC)c(OC)cc6N(C)[C@H]15)[C@]42OC(=O)C3. The van der Waals surface area contributed by atoms with Crippen LogP contribution in [0.2, 0.25) is 0 Å². The molecule has 4 aliphatic heterocycles. The molecule has 186 valence electrons. The third-order valence-corrected chi connectivity index (χ3v) is 8.95. The number of rotatable bonds is 3. The molecule has 1 aliphatic carbocycles. The van der Waals surface area contributed by atoms with Crippen LogP contribution in [-0.2, 0) is 34.1 Å². The summed E-state index contributed by atoms with van der Waals surface area (Å²) in [4.78, 5) is 57.4. The lowest BCUT2D eigenvalue weighted by Gasteiger charge is -2.62. The van der Waals surface area contributed by atoms with Crippen LogP contribution >= 0.6 is 0 Å². The molecule has 11 nitrogen and oxygen atoms in total. The number of nitrogens with zero attached hydrogens (tertiary/aromatic N) is 2. The summed E-state index contributed by atoms with van der Waals surface area (Å²) in [5.74, 6) is -2.19. The molecule has 3 saturated heterocycles. The van der Waals surface area contributed by atoms with Crippen LogP contribution in [0.1, 0.15) is 31.2 Å². The molecule has 0 bridgehead atoms. The second-order valence-electron chi connectivity index (χ2n) is 10.00. The zero-order chi connectivity index (χ0) is 25.1. The number of hydrogen-bond acceptors (Lipinski definition) is 10. The van der Waals surface area contributed by atoms with E-state index in [0.717, 1.165) is 7.11 Å². The van der Waals surface area contributed by atoms with E-state index in [4.69, 9.17) is 18.9 Å². The smallest absolute Gasteiger partial charge is 0.348 e. The highest BCUT2D eigenvalue weighted by molar-refractivity contribution is 6.16. The van der Waals surface area contributed by atoms with Gasteiger partial charge in [0, 0.05) is 31.8 Å². The number of amides is 1. The standard InChI is InChI=1S/C24H26N2O9/c1-25-13-9-15(33-3)14(32-2)8-12(13)22-10-16(27)26-7-5-6-21(11-17(28)35-24(21,22)26)19(29)23(31,18(22)25)20(30)34-4/h8-9,18,31H,5-7,10-11H2,1-4H3/t18-,21-,22+,23-,24-/m0/s1. The van der Waals surface area contributed by atoms with Crippen molar-refractivity contribution < 1.29 is 43.2 Å². The highest BCUT2D eigenvalue weighted by Gasteiger charge is 2.91. The van der Waals surface area contributed by atoms with Crippen molar-refractivity contribution in [1.29, 1.82) is 0 Å². The molecule has 1 amide bonds. The van der Waals surface area contributed by atoms with Gasteiger partial charge in [0.25, 0.3) is 0 Å². The Morgan fingerprint density at radius 3 is 2.46 bits per heavy atom. The quantitative estimate of drug-likeness (QED) is 0.456. The van der Waals surface area contributed by atoms with E-state index in [-0.39, 0.29) is 25.2 Å². The van der Waals surface area contributed by atoms with Crippen molar-refractivity contribution in [2.45, 2.75) is 48.5 Å². The molecule has 0 unspecified atom stereocenters. The number of carbonyl (C=O) groups excluding carboxylic acids is 4. The maximum atomic E-state index is 14.3. The second kappa shape index (κ2) is 6.45. The van der Waals surface area contributed by atoms with Gasteiger partial charge in [-0.05, 0) is 24.5 Å². The molecule has 0 aromatic heterocycles. The first-order chi connectivity index (χ1) is 16.6. The van der Waals surface area contributed by atoms with Crippen molar-refractivity contribution in [3.63, 3.8) is 0 Å². The molecule has 5 aliphatic rings. The first kappa shape index (κ1) is 22.1. The molecule has 2 spiro atoms. The molecule has 1 N–H and O–H groups in total. The Hall–Kier alpha value is -3.34. The van der Waals surface area contributed by atoms with Crippen LogP contribution in [0.25, 0.3) is 0 Å². The van der Waals surface area contributed by atoms with Crippen molar-refractivity contribution in [2.75, 3.05) is 39.8 Å². The number of anilines is 1. The number of carbonyl (C=O) groups is 4. The maximum Gasteiger partial charge on any atom is 0.348 e. The summed E-state index contributed by atoms with van der Waals surface area (Å²) in [6, 6.07) is 2.08. The summed E-state index contributed by atoms with van der Waals surface area (Å²) in [7, 11) is 5.67. The topological polar surface area (TPSA) is 132 Å². The Morgan fingerprint density at radius 1 is 1.11 bits per heavy atom. The van der Waals surface area contributed by atoms with Gasteiger partial charge in [-0.2, -0.15) is 0 Å². The average Bonchev–Trinajstić information content (AvgIpc) is 3.40. The lowest BCUT2D eigenvalue weighted by atomic mass is 9.46. The van der Waals surface area contributed by atoms with Crippen molar-refractivity contribution in [1.82, 2.24) is 4.90 Å². The molecule has 4 fully saturated rings. The molecular formula is C24H26N2O9. The van der Waals surface area contributed by atoms with Crippen LogP contribution in [0.5, 0.6) is 11.5 Å². The number of methoxy groups -OCH3 is 3. The van der Waals surface area contributed by atoms with Crippen LogP contribution in [0.4, 0.5) is 5.69 Å². The Labute approximate surface area is 200 Å². The zero-order valence-electron chi connectivity index (χ0n) is 19.9. The summed E-state index contributed by atoms with van der Waals surface area (Å²) in [6.45, 7) is 0.290. The fourth-order valence-corrected chi connectivity index (χ4v) is 7.97. The van der Waals surface area contributed by atoms with E-state index in [2.05, 4.69) is 0 Å². The number of aliphatic hydroxyl groups is 1. The van der Waals surface area contributed by atoms with Crippen LogP contribution < -0.4 is 14.4 Å². The lowest BCUT2D eigenvalue weighted by Crippen LogP contribution is -2.84. The molecule has 5 atom stereocenters. The Bertz CT molecular complexity index is 1230. The van der Waals surface area contributed by atoms with Crippen LogP contribution in [0.15, 0.2) is 12.1 Å². The number of ketones is 1. The van der Waals surface area contributed by atoms with Crippen molar-refractivity contribution in [3.05, 3.63) is 17.7 Å². The molecule has 1 aromatic rings. The first-order valence-corrected chi connectivity index (χ1v) is 11.5. The monoisotopic (exact) mass is 486 g/mol. The minimum Gasteiger partial charge on any atom is -0.493 e. The third-order valence-electron chi connectivity index (χ3n) is 8.95. The molecule has 11 heteroatoms. The highest BCUT2D eigenvalue weighted by atomic mass is 16.6. The fraction of sp³-hybridized carbons (Fsp3) is 0.583. The van der Waals surface area contributed by atoms with Gasteiger partial charge in [-0.25, -0.2) is 4.79 Å². The third kappa shape index (κ3) is 1.98. The number of ether oxygens (including phenoxy) is 4. The predicted octanol–water partition coefficient (Wildman–Crippen LogP) is -0.0975. The molecule has 6 rings (SSSR count). The van der Waals surface area contributed by atoms with E-state index < -0.39 is 45.9 Å². The molecular weight excluding hydrogens is 460 g/mol. The Balaban J connectivity index is 1.78. The summed E-state index contributed by atoms with van der Waals surface area (Å²) in [5, 5.41) is 12.1. The predicted molar refractivity (Wildman–Crippen MR) is 117 cm³/mol. The minimum atomic E-state index is -2.66. The van der Waals surface area contributed by atoms with E-state index in [1.807, 2.05) is 0 Å². The van der Waals surface area contributed by atoms with Crippen LogP contribution in [0, 0.1) is 5.41 Å². The Kier molecular flexibility index (Phi) is 4.08. The fourth-order valence-electron chi connectivity index (χ4n) is 7.97. The molecule has 1 aromatic carbocycles. The van der Waals surface area contributed by atoms with E-state index in [1.54, 1.807) is 24.1 Å². The first-order valence-electron chi connectivity index (χ1n) is 11.5. The van der Waals surface area contributed by atoms with E-state index in [1.165, 1.54) is 19.1 Å². The molecule has 1 saturated carbocycles. The average molecular weight is 486 g/mol. The summed E-state index contributed by atoms with van der Waals surface area (Å²) < 4.78 is 22.1. The molecule has 35 heavy (non-hydrogen) atoms. The van der Waals surface area contributed by atoms with Gasteiger partial charge in [-0.15, -0.1) is 0 Å². The number of piperidine rings is 1. The van der Waals surface area contributed by atoms with Gasteiger partial charge in [0.05, 0.1) is 39.2 Å². The van der Waals surface area contributed by atoms with Crippen molar-refractivity contribution in [3.8, 4) is 11.5 Å². The van der Waals surface area contributed by atoms with E-state index >= 15 is 0 Å². The number of hydrogen-bond donors (Lipinski definition) is 1. The van der Waals surface area contributed by atoms with Gasteiger partial charge in [0.2, 0.25) is 17.2 Å². The van der Waals surface area contributed by atoms with Gasteiger partial charge in [0.1, 0.15) is 5.41 Å². The normalized spacial score (nSPS) is 38.4. The number of likely N-dealkylation sites (N-methyl/N-ethyl adjacent to an activating group) is 1. The lowest BCUT2D eigenvalue weighted by molar-refractivity contribution is -0.245. The van der Waals surface area contributed by atoms with E-state index in [9.17, 15) is 24.3 Å². The number of Topliss-reactive ketones (excluding diaryl/α,β-unsaturated/α-hetero) is 1. The Morgan fingerprint density at radius 2 is 1.80 bits per heavy atom. The van der Waals surface area contributed by atoms with Gasteiger partial charge in [0.15, 0.2) is 17.3 Å². The number of benzene rings is 1. The summed E-state index contributed by atoms with van der Waals surface area (Å²) >= 11 is 0. The zero-order valence-corrected chi connectivity index (χ0v) is 19.9. The number of esters is 2. The van der Waals surface area contributed by atoms with Gasteiger partial charge >= 0.3 is 11.9 Å². The highest BCUT2D eigenvalue weighted by Crippen LogP contribution is 2.74. The van der Waals surface area contributed by atoms with Gasteiger partial charge in [-0.1, -0.05) is 0 Å². The van der Waals surface area contributed by atoms with Crippen LogP contribution in [0.3, 0.4) is 0 Å². The maximum absolute atomic E-state index is 14.3. The largest absolute Gasteiger partial charge is 0.493 e. The van der Waals surface area contributed by atoms with Gasteiger partial charge in [-0.3, -0.25) is 14.4 Å². The minimum absolute atomic E-state index is 0.174. The summed E-state index contributed by atoms with van der Waals surface area (Å²) in [5.41, 5.74) is -6.34. The molecule has 4 heterocycles. The van der Waals surface area contributed by atoms with Crippen molar-refractivity contribution >= 4 is 29.3 Å². The van der Waals surface area contributed by atoms with Crippen LogP contribution in [-0.4, -0.2) is 85.9 Å².